The van der Waals surface area contributed by atoms with E-state index in [1.165, 1.54) is 0 Å². The van der Waals surface area contributed by atoms with Gasteiger partial charge in [-0.2, -0.15) is 5.26 Å². The van der Waals surface area contributed by atoms with Gasteiger partial charge in [-0.05, 0) is 30.7 Å². The number of anilines is 1. The highest BCUT2D eigenvalue weighted by Crippen LogP contribution is 2.41. The van der Waals surface area contributed by atoms with Gasteiger partial charge < -0.3 is 9.40 Å². The number of pyridine rings is 1. The Kier molecular flexibility index (Phi) is 7.80. The molecule has 0 unspecified atom stereocenters. The van der Waals surface area contributed by atoms with E-state index in [1.54, 1.807) is 17.2 Å². The van der Waals surface area contributed by atoms with Crippen LogP contribution in [0.2, 0.25) is 0 Å². The van der Waals surface area contributed by atoms with Crippen molar-refractivity contribution in [2.75, 3.05) is 4.90 Å². The van der Waals surface area contributed by atoms with Crippen LogP contribution in [0.4, 0.5) is 5.82 Å². The fourth-order valence-corrected chi connectivity index (χ4v) is 6.12. The second-order valence-corrected chi connectivity index (χ2v) is 11.0. The van der Waals surface area contributed by atoms with E-state index < -0.39 is 5.60 Å². The normalized spacial score (nSPS) is 13.6. The molecule has 2 aromatic heterocycles. The van der Waals surface area contributed by atoms with E-state index in [4.69, 9.17) is 15.1 Å². The fourth-order valence-electron chi connectivity index (χ4n) is 6.12. The first-order chi connectivity index (χ1) is 22.7. The average molecular weight is 603 g/mol. The molecule has 0 saturated carbocycles. The van der Waals surface area contributed by atoms with Gasteiger partial charge in [0.1, 0.15) is 11.6 Å². The summed E-state index contributed by atoms with van der Waals surface area (Å²) in [6.45, 7) is 0.794. The van der Waals surface area contributed by atoms with Crippen LogP contribution >= 0.6 is 0 Å². The Balaban J connectivity index is 1.32. The predicted octanol–water partition coefficient (Wildman–Crippen LogP) is 6.99. The van der Waals surface area contributed by atoms with E-state index in [1.807, 2.05) is 121 Å². The number of imidazole rings is 1. The van der Waals surface area contributed by atoms with Crippen LogP contribution in [-0.2, 0) is 28.3 Å². The third kappa shape index (κ3) is 5.08. The van der Waals surface area contributed by atoms with Gasteiger partial charge in [-0.15, -0.1) is 0 Å². The van der Waals surface area contributed by atoms with Gasteiger partial charge in [-0.3, -0.25) is 9.69 Å². The largest absolute Gasteiger partial charge is 0.374 e. The number of carbonyl (C=O) groups is 1. The zero-order valence-electron chi connectivity index (χ0n) is 25.0. The van der Waals surface area contributed by atoms with Crippen molar-refractivity contribution in [1.29, 1.82) is 5.26 Å². The number of hydrogen-bond acceptors (Lipinski definition) is 6. The maximum atomic E-state index is 14.3. The molecule has 0 bridgehead atoms. The number of benzene rings is 4. The van der Waals surface area contributed by atoms with Crippen molar-refractivity contribution in [3.05, 3.63) is 162 Å². The summed E-state index contributed by atoms with van der Waals surface area (Å²) in [6.07, 6.45) is 2.77. The molecule has 1 aliphatic heterocycles. The topological polar surface area (TPSA) is 96.4 Å². The van der Waals surface area contributed by atoms with E-state index in [0.717, 1.165) is 27.7 Å². The highest BCUT2D eigenvalue weighted by Gasteiger charge is 2.42. The minimum Gasteiger partial charge on any atom is -0.374 e. The highest BCUT2D eigenvalue weighted by molar-refractivity contribution is 6.53. The second-order valence-electron chi connectivity index (χ2n) is 11.0. The summed E-state index contributed by atoms with van der Waals surface area (Å²) in [5.74, 6) is 0.876. The Morgan fingerprint density at radius 1 is 0.783 bits per heavy atom. The zero-order valence-corrected chi connectivity index (χ0v) is 25.0. The monoisotopic (exact) mass is 602 g/mol. The highest BCUT2D eigenvalue weighted by atomic mass is 16.7. The number of aromatic nitrogens is 3. The van der Waals surface area contributed by atoms with Crippen molar-refractivity contribution in [3.63, 3.8) is 0 Å². The zero-order chi connectivity index (χ0) is 31.3. The Morgan fingerprint density at radius 2 is 1.39 bits per heavy atom. The van der Waals surface area contributed by atoms with Gasteiger partial charge in [-0.1, -0.05) is 108 Å². The van der Waals surface area contributed by atoms with E-state index in [-0.39, 0.29) is 18.2 Å². The van der Waals surface area contributed by atoms with Crippen LogP contribution in [0.5, 0.6) is 0 Å². The number of para-hydroxylation sites is 2. The summed E-state index contributed by atoms with van der Waals surface area (Å²) in [7, 11) is 0. The number of aryl methyl sites for hydroxylation is 1. The van der Waals surface area contributed by atoms with Crippen molar-refractivity contribution in [3.8, 4) is 6.07 Å². The van der Waals surface area contributed by atoms with Crippen molar-refractivity contribution in [2.45, 2.75) is 31.5 Å². The van der Waals surface area contributed by atoms with Crippen LogP contribution in [-0.4, -0.2) is 26.2 Å². The Morgan fingerprint density at radius 3 is 2.02 bits per heavy atom. The van der Waals surface area contributed by atoms with Gasteiger partial charge in [-0.25, -0.2) is 9.97 Å². The van der Waals surface area contributed by atoms with Crippen LogP contribution in [0, 0.1) is 11.3 Å². The lowest BCUT2D eigenvalue weighted by Crippen LogP contribution is -2.34. The lowest BCUT2D eigenvalue weighted by atomic mass is 9.80. The summed E-state index contributed by atoms with van der Waals surface area (Å²) in [5.41, 5.74) is 4.02. The molecule has 0 N–H and O–H groups in total. The summed E-state index contributed by atoms with van der Waals surface area (Å²) in [5, 5.41) is 13.8. The molecule has 3 heterocycles. The van der Waals surface area contributed by atoms with Gasteiger partial charge in [0.05, 0.1) is 29.2 Å². The number of amides is 1. The molecule has 1 aliphatic rings. The molecule has 0 atom stereocenters. The molecule has 0 radical (unpaired) electrons. The minimum atomic E-state index is -1.14. The number of nitrogens with zero attached hydrogens (tertiary/aromatic N) is 6. The van der Waals surface area contributed by atoms with Crippen molar-refractivity contribution < 1.29 is 9.63 Å². The predicted molar refractivity (Wildman–Crippen MR) is 177 cm³/mol. The Bertz CT molecular complexity index is 1970. The van der Waals surface area contributed by atoms with Crippen LogP contribution in [0.3, 0.4) is 0 Å². The van der Waals surface area contributed by atoms with E-state index >= 15 is 0 Å². The first kappa shape index (κ1) is 28.7. The van der Waals surface area contributed by atoms with Crippen LogP contribution < -0.4 is 4.90 Å². The second kappa shape index (κ2) is 12.5. The molecule has 46 heavy (non-hydrogen) atoms. The molecule has 1 amide bonds. The van der Waals surface area contributed by atoms with Crippen LogP contribution in [0.1, 0.15) is 40.9 Å². The van der Waals surface area contributed by atoms with Crippen molar-refractivity contribution >= 4 is 28.5 Å². The number of carbonyl (C=O) groups excluding carboxylic acids is 1. The molecular formula is C38H30N6O2. The molecule has 8 heteroatoms. The number of unbranched alkanes of at least 4 members (excludes halogenated alkanes) is 1. The van der Waals surface area contributed by atoms with E-state index in [9.17, 15) is 4.79 Å². The fraction of sp³-hybridized carbons (Fsp3) is 0.132. The molecule has 224 valence electrons. The third-order valence-corrected chi connectivity index (χ3v) is 8.26. The smallest absolute Gasteiger partial charge is 0.282 e. The van der Waals surface area contributed by atoms with Crippen LogP contribution in [0.25, 0.3) is 11.0 Å². The van der Waals surface area contributed by atoms with Crippen molar-refractivity contribution in [2.24, 2.45) is 5.16 Å². The van der Waals surface area contributed by atoms with E-state index in [2.05, 4.69) is 20.8 Å². The summed E-state index contributed by atoms with van der Waals surface area (Å²) >= 11 is 0. The Labute approximate surface area is 266 Å². The number of oxime groups is 1. The summed E-state index contributed by atoms with van der Waals surface area (Å²) in [6, 6.07) is 43.5. The third-order valence-electron chi connectivity index (χ3n) is 8.26. The van der Waals surface area contributed by atoms with Gasteiger partial charge >= 0.3 is 0 Å². The van der Waals surface area contributed by atoms with Crippen molar-refractivity contribution in [1.82, 2.24) is 14.5 Å². The molecule has 7 rings (SSSR count). The maximum Gasteiger partial charge on any atom is 0.282 e. The summed E-state index contributed by atoms with van der Waals surface area (Å²) < 4.78 is 2.08. The molecular weight excluding hydrogens is 572 g/mol. The number of nitriles is 1. The van der Waals surface area contributed by atoms with Gasteiger partial charge in [0, 0.05) is 35.9 Å². The first-order valence-corrected chi connectivity index (χ1v) is 15.2. The molecule has 0 aliphatic carbocycles. The Hall–Kier alpha value is -6.07. The molecule has 0 spiro atoms. The number of hydrogen-bond donors (Lipinski definition) is 0. The summed E-state index contributed by atoms with van der Waals surface area (Å²) in [4.78, 5) is 32.1. The molecule has 0 saturated heterocycles. The minimum absolute atomic E-state index is 0.169. The van der Waals surface area contributed by atoms with Crippen LogP contribution in [0.15, 0.2) is 139 Å². The standard InChI is InChI=1S/C38H30N6O2/c39-24-12-13-26-43-33-23-11-10-22-32(33)41-34(43)27-44-36-31(21-14-25-40-36)35(37(44)45)42-46-38(28-15-4-1-5-16-28,29-17-6-2-7-18-29)30-19-8-3-9-20-30/h1-11,14-23,25H,12-13,26-27H2. The lowest BCUT2D eigenvalue weighted by Gasteiger charge is -2.33. The van der Waals surface area contributed by atoms with Gasteiger partial charge in [0.25, 0.3) is 5.91 Å². The number of fused-ring (bicyclic) bond motifs is 2. The van der Waals surface area contributed by atoms with E-state index in [0.29, 0.717) is 36.6 Å². The molecule has 8 nitrogen and oxygen atoms in total. The quantitative estimate of drug-likeness (QED) is 0.0956. The maximum absolute atomic E-state index is 14.3. The SMILES string of the molecule is N#CCCCn1c(CN2C(=O)C(=NOC(c3ccccc3)(c3ccccc3)c3ccccc3)c3cccnc32)nc2ccccc21. The number of rotatable bonds is 10. The van der Waals surface area contributed by atoms with Gasteiger partial charge in [0.2, 0.25) is 5.60 Å². The average Bonchev–Trinajstić information content (AvgIpc) is 3.60. The lowest BCUT2D eigenvalue weighted by molar-refractivity contribution is -0.112. The van der Waals surface area contributed by atoms with Gasteiger partial charge in [0.15, 0.2) is 5.71 Å². The molecule has 6 aromatic rings. The first-order valence-electron chi connectivity index (χ1n) is 15.2. The molecule has 4 aromatic carbocycles. The molecule has 0 fully saturated rings.